The second-order valence-corrected chi connectivity index (χ2v) is 3.96. The van der Waals surface area contributed by atoms with Gasteiger partial charge in [-0.1, -0.05) is 6.07 Å². The number of hydrogen-bond donors (Lipinski definition) is 2. The van der Waals surface area contributed by atoms with E-state index in [2.05, 4.69) is 10.6 Å². The van der Waals surface area contributed by atoms with E-state index in [1.54, 1.807) is 19.2 Å². The van der Waals surface area contributed by atoms with Crippen molar-refractivity contribution in [1.82, 2.24) is 5.32 Å². The van der Waals surface area contributed by atoms with Crippen molar-refractivity contribution in [2.24, 2.45) is 0 Å². The molecule has 0 amide bonds. The molecule has 2 rings (SSSR count). The molecule has 1 heterocycles. The first kappa shape index (κ1) is 11.8. The van der Waals surface area contributed by atoms with Gasteiger partial charge in [0.2, 0.25) is 0 Å². The van der Waals surface area contributed by atoms with Gasteiger partial charge in [-0.2, -0.15) is 5.26 Å². The molecule has 2 atom stereocenters. The van der Waals surface area contributed by atoms with E-state index >= 15 is 0 Å². The second-order valence-electron chi connectivity index (χ2n) is 3.96. The van der Waals surface area contributed by atoms with Crippen LogP contribution >= 0.6 is 0 Å². The van der Waals surface area contributed by atoms with Gasteiger partial charge in [-0.3, -0.25) is 0 Å². The van der Waals surface area contributed by atoms with E-state index in [1.807, 2.05) is 6.07 Å². The predicted molar refractivity (Wildman–Crippen MR) is 62.2 cm³/mol. The van der Waals surface area contributed by atoms with E-state index < -0.39 is 5.82 Å². The lowest BCUT2D eigenvalue weighted by atomic mass is 10.1. The zero-order valence-electron chi connectivity index (χ0n) is 9.53. The second kappa shape index (κ2) is 5.13. The van der Waals surface area contributed by atoms with E-state index in [0.29, 0.717) is 5.69 Å². The van der Waals surface area contributed by atoms with Crippen LogP contribution in [0.3, 0.4) is 0 Å². The van der Waals surface area contributed by atoms with Gasteiger partial charge in [0.25, 0.3) is 0 Å². The minimum Gasteiger partial charge on any atom is -0.378 e. The van der Waals surface area contributed by atoms with Gasteiger partial charge in [0.05, 0.1) is 17.8 Å². The Morgan fingerprint density at radius 1 is 1.53 bits per heavy atom. The molecule has 0 radical (unpaired) electrons. The molecule has 1 aromatic carbocycles. The quantitative estimate of drug-likeness (QED) is 0.823. The summed E-state index contributed by atoms with van der Waals surface area (Å²) in [4.78, 5) is 0. The Morgan fingerprint density at radius 3 is 3.06 bits per heavy atom. The summed E-state index contributed by atoms with van der Waals surface area (Å²) in [6, 6.07) is 6.49. The van der Waals surface area contributed by atoms with Gasteiger partial charge in [-0.05, 0) is 12.1 Å². The average molecular weight is 235 g/mol. The summed E-state index contributed by atoms with van der Waals surface area (Å²) in [5, 5.41) is 15.3. The Bertz CT molecular complexity index is 444. The van der Waals surface area contributed by atoms with Crippen LogP contribution < -0.4 is 10.6 Å². The molecule has 17 heavy (non-hydrogen) atoms. The fraction of sp³-hybridized carbons (Fsp3) is 0.417. The summed E-state index contributed by atoms with van der Waals surface area (Å²) < 4.78 is 18.7. The lowest BCUT2D eigenvalue weighted by Crippen LogP contribution is -2.33. The van der Waals surface area contributed by atoms with Crippen LogP contribution in [0.4, 0.5) is 10.1 Å². The van der Waals surface area contributed by atoms with Gasteiger partial charge in [0, 0.05) is 20.2 Å². The largest absolute Gasteiger partial charge is 0.378 e. The van der Waals surface area contributed by atoms with Crippen LogP contribution in [0.15, 0.2) is 18.2 Å². The van der Waals surface area contributed by atoms with Crippen LogP contribution in [0, 0.1) is 17.1 Å². The summed E-state index contributed by atoms with van der Waals surface area (Å²) in [6.07, 6.45) is 0.0322. The number of nitrogens with zero attached hydrogens (tertiary/aromatic N) is 1. The molecule has 1 saturated heterocycles. The maximum absolute atomic E-state index is 13.4. The molecule has 0 aromatic heterocycles. The fourth-order valence-corrected chi connectivity index (χ4v) is 2.00. The maximum Gasteiger partial charge on any atom is 0.143 e. The third-order valence-electron chi connectivity index (χ3n) is 2.93. The molecule has 1 aliphatic heterocycles. The lowest BCUT2D eigenvalue weighted by Gasteiger charge is -2.20. The number of methoxy groups -OCH3 is 1. The van der Waals surface area contributed by atoms with Crippen LogP contribution in [0.25, 0.3) is 0 Å². The fourth-order valence-electron chi connectivity index (χ4n) is 2.00. The van der Waals surface area contributed by atoms with E-state index in [9.17, 15) is 4.39 Å². The third kappa shape index (κ3) is 2.38. The summed E-state index contributed by atoms with van der Waals surface area (Å²) in [7, 11) is 1.64. The number of hydrogen-bond acceptors (Lipinski definition) is 4. The number of nitriles is 1. The van der Waals surface area contributed by atoms with Gasteiger partial charge in [-0.25, -0.2) is 4.39 Å². The number of anilines is 1. The number of nitrogens with one attached hydrogen (secondary N) is 2. The molecule has 0 saturated carbocycles. The van der Waals surface area contributed by atoms with Crippen LogP contribution in [0.5, 0.6) is 0 Å². The molecule has 0 bridgehead atoms. The number of benzene rings is 1. The molecule has 90 valence electrons. The van der Waals surface area contributed by atoms with Crippen molar-refractivity contribution in [2.75, 3.05) is 25.5 Å². The highest BCUT2D eigenvalue weighted by molar-refractivity contribution is 5.58. The molecule has 0 aliphatic carbocycles. The van der Waals surface area contributed by atoms with Gasteiger partial charge < -0.3 is 15.4 Å². The van der Waals surface area contributed by atoms with Gasteiger partial charge >= 0.3 is 0 Å². The van der Waals surface area contributed by atoms with Crippen LogP contribution in [-0.4, -0.2) is 32.3 Å². The smallest absolute Gasteiger partial charge is 0.143 e. The Morgan fingerprint density at radius 2 is 2.35 bits per heavy atom. The Labute approximate surface area is 99.4 Å². The Kier molecular flexibility index (Phi) is 3.57. The third-order valence-corrected chi connectivity index (χ3v) is 2.93. The van der Waals surface area contributed by atoms with E-state index in [-0.39, 0.29) is 17.7 Å². The zero-order chi connectivity index (χ0) is 12.3. The Balaban J connectivity index is 2.19. The molecule has 0 spiro atoms. The van der Waals surface area contributed by atoms with Crippen LogP contribution in [0.1, 0.15) is 5.56 Å². The normalized spacial score (nSPS) is 23.4. The highest BCUT2D eigenvalue weighted by Crippen LogP contribution is 2.20. The molecule has 1 aliphatic rings. The first-order chi connectivity index (χ1) is 8.26. The molecule has 1 unspecified atom stereocenters. The van der Waals surface area contributed by atoms with E-state index in [0.717, 1.165) is 13.1 Å². The summed E-state index contributed by atoms with van der Waals surface area (Å²) in [5.74, 6) is -0.502. The van der Waals surface area contributed by atoms with Crippen LogP contribution in [0.2, 0.25) is 0 Å². The van der Waals surface area contributed by atoms with Crippen LogP contribution in [-0.2, 0) is 4.74 Å². The standard InChI is InChI=1S/C12H14FN3O/c1-17-12-7-15-6-11(12)16-10-4-2-3-9(13)8(10)5-14/h2-4,11-12,15-16H,6-7H2,1H3/t11?,12-/m1/s1. The highest BCUT2D eigenvalue weighted by atomic mass is 19.1. The monoisotopic (exact) mass is 235 g/mol. The summed E-state index contributed by atoms with van der Waals surface area (Å²) in [6.45, 7) is 1.49. The van der Waals surface area contributed by atoms with E-state index in [4.69, 9.17) is 10.00 Å². The molecule has 1 aromatic rings. The van der Waals surface area contributed by atoms with Crippen molar-refractivity contribution in [3.63, 3.8) is 0 Å². The van der Waals surface area contributed by atoms with Crippen molar-refractivity contribution in [3.8, 4) is 6.07 Å². The van der Waals surface area contributed by atoms with Crippen molar-refractivity contribution in [2.45, 2.75) is 12.1 Å². The average Bonchev–Trinajstić information content (AvgIpc) is 2.77. The van der Waals surface area contributed by atoms with E-state index in [1.165, 1.54) is 6.07 Å². The summed E-state index contributed by atoms with van der Waals surface area (Å²) >= 11 is 0. The minimum absolute atomic E-state index is 0.0322. The molecule has 4 nitrogen and oxygen atoms in total. The van der Waals surface area contributed by atoms with Crippen molar-refractivity contribution >= 4 is 5.69 Å². The maximum atomic E-state index is 13.4. The number of halogens is 1. The molecule has 2 N–H and O–H groups in total. The first-order valence-electron chi connectivity index (χ1n) is 5.45. The molecular formula is C12H14FN3O. The minimum atomic E-state index is -0.502. The topological polar surface area (TPSA) is 57.1 Å². The first-order valence-corrected chi connectivity index (χ1v) is 5.45. The zero-order valence-corrected chi connectivity index (χ0v) is 9.53. The number of rotatable bonds is 3. The highest BCUT2D eigenvalue weighted by Gasteiger charge is 2.27. The van der Waals surface area contributed by atoms with Gasteiger partial charge in [0.15, 0.2) is 0 Å². The number of ether oxygens (including phenoxy) is 1. The molecule has 5 heteroatoms. The Hall–Kier alpha value is -1.64. The SMILES string of the molecule is CO[C@@H]1CNCC1Nc1cccc(F)c1C#N. The summed E-state index contributed by atoms with van der Waals surface area (Å²) in [5.41, 5.74) is 0.567. The molecular weight excluding hydrogens is 221 g/mol. The van der Waals surface area contributed by atoms with Crippen molar-refractivity contribution in [1.29, 1.82) is 5.26 Å². The van der Waals surface area contributed by atoms with Gasteiger partial charge in [0.1, 0.15) is 17.4 Å². The predicted octanol–water partition coefficient (Wildman–Crippen LogP) is 1.10. The molecule has 1 fully saturated rings. The van der Waals surface area contributed by atoms with Crippen molar-refractivity contribution in [3.05, 3.63) is 29.6 Å². The lowest BCUT2D eigenvalue weighted by molar-refractivity contribution is 0.111. The van der Waals surface area contributed by atoms with Gasteiger partial charge in [-0.15, -0.1) is 0 Å². The van der Waals surface area contributed by atoms with Crippen molar-refractivity contribution < 1.29 is 9.13 Å².